The smallest absolute Gasteiger partial charge is 0.193 e. The van der Waals surface area contributed by atoms with E-state index in [1.165, 1.54) is 24.8 Å². The van der Waals surface area contributed by atoms with Crippen molar-refractivity contribution in [1.82, 2.24) is 15.1 Å². The number of likely N-dealkylation sites (N-methyl/N-ethyl adjacent to an activating group) is 1. The first-order chi connectivity index (χ1) is 11.2. The van der Waals surface area contributed by atoms with E-state index in [-0.39, 0.29) is 0 Å². The molecule has 4 heteroatoms. The highest BCUT2D eigenvalue weighted by molar-refractivity contribution is 5.79. The lowest BCUT2D eigenvalue weighted by atomic mass is 9.90. The van der Waals surface area contributed by atoms with E-state index in [1.807, 2.05) is 7.05 Å². The van der Waals surface area contributed by atoms with Crippen LogP contribution in [0, 0.1) is 5.92 Å². The minimum absolute atomic E-state index is 0.804. The molecule has 1 saturated heterocycles. The van der Waals surface area contributed by atoms with Gasteiger partial charge in [0.2, 0.25) is 0 Å². The number of nitrogens with zero attached hydrogens (tertiary/aromatic N) is 3. The van der Waals surface area contributed by atoms with Crippen LogP contribution in [0.3, 0.4) is 0 Å². The summed E-state index contributed by atoms with van der Waals surface area (Å²) in [7, 11) is 4.04. The van der Waals surface area contributed by atoms with Gasteiger partial charge in [-0.25, -0.2) is 0 Å². The third-order valence-corrected chi connectivity index (χ3v) is 4.81. The third-order valence-electron chi connectivity index (χ3n) is 4.81. The van der Waals surface area contributed by atoms with Crippen molar-refractivity contribution >= 4 is 5.96 Å². The first kappa shape index (κ1) is 17.8. The van der Waals surface area contributed by atoms with Crippen LogP contribution in [0.5, 0.6) is 0 Å². The standard InChI is InChI=1S/C19H32N4/c1-4-22(3)15-12-21-19(20-2)23-13-10-18(11-14-23)16-17-8-6-5-7-9-17/h5-9,18H,4,10-16H2,1-3H3,(H,20,21). The van der Waals surface area contributed by atoms with E-state index in [0.29, 0.717) is 0 Å². The average molecular weight is 316 g/mol. The van der Waals surface area contributed by atoms with Gasteiger partial charge in [0.15, 0.2) is 5.96 Å². The SMILES string of the molecule is CCN(C)CCNC(=NC)N1CCC(Cc2ccccc2)CC1. The van der Waals surface area contributed by atoms with Crippen molar-refractivity contribution in [3.8, 4) is 0 Å². The summed E-state index contributed by atoms with van der Waals surface area (Å²) in [5.74, 6) is 1.87. The highest BCUT2D eigenvalue weighted by atomic mass is 15.3. The zero-order valence-electron chi connectivity index (χ0n) is 15.0. The van der Waals surface area contributed by atoms with Gasteiger partial charge in [0, 0.05) is 33.2 Å². The highest BCUT2D eigenvalue weighted by Crippen LogP contribution is 2.21. The van der Waals surface area contributed by atoms with Gasteiger partial charge in [-0.2, -0.15) is 0 Å². The number of guanidine groups is 1. The van der Waals surface area contributed by atoms with E-state index in [4.69, 9.17) is 0 Å². The lowest BCUT2D eigenvalue weighted by Gasteiger charge is -2.34. The predicted molar refractivity (Wildman–Crippen MR) is 99.0 cm³/mol. The summed E-state index contributed by atoms with van der Waals surface area (Å²) in [5.41, 5.74) is 1.47. The molecule has 0 saturated carbocycles. The summed E-state index contributed by atoms with van der Waals surface area (Å²) in [6.07, 6.45) is 3.72. The predicted octanol–water partition coefficient (Wildman–Crippen LogP) is 2.47. The number of benzene rings is 1. The zero-order chi connectivity index (χ0) is 16.5. The fourth-order valence-corrected chi connectivity index (χ4v) is 3.15. The fraction of sp³-hybridized carbons (Fsp3) is 0.632. The Kier molecular flexibility index (Phi) is 7.40. The van der Waals surface area contributed by atoms with Crippen molar-refractivity contribution in [2.24, 2.45) is 10.9 Å². The molecular weight excluding hydrogens is 284 g/mol. The molecule has 0 unspecified atom stereocenters. The maximum Gasteiger partial charge on any atom is 0.193 e. The fourth-order valence-electron chi connectivity index (χ4n) is 3.15. The minimum Gasteiger partial charge on any atom is -0.355 e. The molecule has 1 fully saturated rings. The second-order valence-electron chi connectivity index (χ2n) is 6.49. The number of hydrogen-bond acceptors (Lipinski definition) is 2. The highest BCUT2D eigenvalue weighted by Gasteiger charge is 2.21. The van der Waals surface area contributed by atoms with Gasteiger partial charge in [-0.15, -0.1) is 0 Å². The van der Waals surface area contributed by atoms with Crippen LogP contribution in [-0.4, -0.2) is 62.6 Å². The van der Waals surface area contributed by atoms with Crippen molar-refractivity contribution in [2.75, 3.05) is 46.8 Å². The van der Waals surface area contributed by atoms with Crippen LogP contribution in [0.2, 0.25) is 0 Å². The maximum atomic E-state index is 4.46. The Balaban J connectivity index is 1.74. The number of nitrogens with one attached hydrogen (secondary N) is 1. The number of likely N-dealkylation sites (tertiary alicyclic amines) is 1. The molecule has 0 spiro atoms. The number of piperidine rings is 1. The third kappa shape index (κ3) is 5.87. The Hall–Kier alpha value is -1.55. The molecule has 128 valence electrons. The Labute approximate surface area is 141 Å². The molecule has 0 bridgehead atoms. The van der Waals surface area contributed by atoms with Gasteiger partial charge < -0.3 is 15.1 Å². The summed E-state index contributed by atoms with van der Waals surface area (Å²) in [5, 5.41) is 3.50. The van der Waals surface area contributed by atoms with Gasteiger partial charge in [0.05, 0.1) is 0 Å². The van der Waals surface area contributed by atoms with Gasteiger partial charge >= 0.3 is 0 Å². The molecule has 2 rings (SSSR count). The first-order valence-electron chi connectivity index (χ1n) is 8.91. The Morgan fingerprint density at radius 3 is 2.57 bits per heavy atom. The van der Waals surface area contributed by atoms with Crippen LogP contribution in [0.15, 0.2) is 35.3 Å². The molecule has 1 aliphatic rings. The summed E-state index contributed by atoms with van der Waals surface area (Å²) in [6, 6.07) is 10.9. The van der Waals surface area contributed by atoms with Crippen LogP contribution in [-0.2, 0) is 6.42 Å². The lowest BCUT2D eigenvalue weighted by Crippen LogP contribution is -2.47. The van der Waals surface area contributed by atoms with Crippen molar-refractivity contribution in [3.63, 3.8) is 0 Å². The first-order valence-corrected chi connectivity index (χ1v) is 8.91. The summed E-state index contributed by atoms with van der Waals surface area (Å²) in [4.78, 5) is 9.18. The Bertz CT molecular complexity index is 464. The molecule has 4 nitrogen and oxygen atoms in total. The van der Waals surface area contributed by atoms with Gasteiger partial charge in [-0.1, -0.05) is 37.3 Å². The molecule has 1 aromatic rings. The van der Waals surface area contributed by atoms with Crippen molar-refractivity contribution in [3.05, 3.63) is 35.9 Å². The van der Waals surface area contributed by atoms with E-state index in [0.717, 1.165) is 44.6 Å². The van der Waals surface area contributed by atoms with E-state index >= 15 is 0 Å². The molecular formula is C19H32N4. The molecule has 0 aliphatic carbocycles. The Morgan fingerprint density at radius 2 is 1.96 bits per heavy atom. The van der Waals surface area contributed by atoms with Gasteiger partial charge in [-0.3, -0.25) is 4.99 Å². The molecule has 1 N–H and O–H groups in total. The number of aliphatic imine (C=N–C) groups is 1. The molecule has 0 radical (unpaired) electrons. The van der Waals surface area contributed by atoms with Crippen molar-refractivity contribution in [2.45, 2.75) is 26.2 Å². The zero-order valence-corrected chi connectivity index (χ0v) is 15.0. The largest absolute Gasteiger partial charge is 0.355 e. The molecule has 0 atom stereocenters. The summed E-state index contributed by atoms with van der Waals surface area (Å²) in [6.45, 7) is 7.51. The van der Waals surface area contributed by atoms with Crippen molar-refractivity contribution < 1.29 is 0 Å². The van der Waals surface area contributed by atoms with E-state index < -0.39 is 0 Å². The van der Waals surface area contributed by atoms with Crippen molar-refractivity contribution in [1.29, 1.82) is 0 Å². The normalized spacial score (nSPS) is 16.9. The van der Waals surface area contributed by atoms with E-state index in [2.05, 4.69) is 64.4 Å². The average Bonchev–Trinajstić information content (AvgIpc) is 2.60. The van der Waals surface area contributed by atoms with Crippen LogP contribution in [0.4, 0.5) is 0 Å². The lowest BCUT2D eigenvalue weighted by molar-refractivity contribution is 0.257. The summed E-state index contributed by atoms with van der Waals surface area (Å²) >= 11 is 0. The number of rotatable bonds is 6. The molecule has 1 heterocycles. The second kappa shape index (κ2) is 9.56. The molecule has 0 amide bonds. The van der Waals surface area contributed by atoms with E-state index in [9.17, 15) is 0 Å². The quantitative estimate of drug-likeness (QED) is 0.646. The minimum atomic E-state index is 0.804. The van der Waals surface area contributed by atoms with Crippen LogP contribution in [0.1, 0.15) is 25.3 Å². The van der Waals surface area contributed by atoms with Crippen LogP contribution < -0.4 is 5.32 Å². The molecule has 1 aliphatic heterocycles. The van der Waals surface area contributed by atoms with Crippen LogP contribution in [0.25, 0.3) is 0 Å². The van der Waals surface area contributed by atoms with E-state index in [1.54, 1.807) is 0 Å². The topological polar surface area (TPSA) is 30.9 Å². The second-order valence-corrected chi connectivity index (χ2v) is 6.49. The Morgan fingerprint density at radius 1 is 1.26 bits per heavy atom. The van der Waals surface area contributed by atoms with Crippen LogP contribution >= 0.6 is 0 Å². The monoisotopic (exact) mass is 316 g/mol. The molecule has 23 heavy (non-hydrogen) atoms. The molecule has 0 aromatic heterocycles. The number of hydrogen-bond donors (Lipinski definition) is 1. The van der Waals surface area contributed by atoms with Gasteiger partial charge in [0.25, 0.3) is 0 Å². The van der Waals surface area contributed by atoms with Gasteiger partial charge in [-0.05, 0) is 44.3 Å². The maximum absolute atomic E-state index is 4.46. The molecule has 1 aromatic carbocycles. The summed E-state index contributed by atoms with van der Waals surface area (Å²) < 4.78 is 0. The van der Waals surface area contributed by atoms with Gasteiger partial charge in [0.1, 0.15) is 0 Å².